The second-order valence-electron chi connectivity index (χ2n) is 7.59. The third-order valence-electron chi connectivity index (χ3n) is 3.65. The van der Waals surface area contributed by atoms with Crippen molar-refractivity contribution in [3.63, 3.8) is 0 Å². The number of hydrogen-bond donors (Lipinski definition) is 3. The van der Waals surface area contributed by atoms with Gasteiger partial charge >= 0.3 is 6.03 Å². The molecular weight excluding hydrogens is 335 g/mol. The maximum absolute atomic E-state index is 13.7. The van der Waals surface area contributed by atoms with Gasteiger partial charge in [-0.05, 0) is 38.8 Å². The van der Waals surface area contributed by atoms with Crippen LogP contribution in [0.5, 0.6) is 0 Å². The van der Waals surface area contributed by atoms with Gasteiger partial charge in [0.2, 0.25) is 5.91 Å². The molecule has 0 aliphatic carbocycles. The van der Waals surface area contributed by atoms with Crippen LogP contribution in [-0.2, 0) is 4.79 Å². The van der Waals surface area contributed by atoms with Crippen LogP contribution in [0.3, 0.4) is 0 Å². The Kier molecular flexibility index (Phi) is 5.79. The summed E-state index contributed by atoms with van der Waals surface area (Å²) in [4.78, 5) is 28.7. The van der Waals surface area contributed by atoms with E-state index in [1.807, 2.05) is 34.6 Å². The van der Waals surface area contributed by atoms with E-state index in [-0.39, 0.29) is 17.3 Å². The number of benzene rings is 1. The minimum Gasteiger partial charge on any atom is -0.334 e. The van der Waals surface area contributed by atoms with E-state index in [0.717, 1.165) is 0 Å². The smallest absolute Gasteiger partial charge is 0.315 e. The average Bonchev–Trinajstić information content (AvgIpc) is 2.50. The first-order valence-corrected chi connectivity index (χ1v) is 8.50. The summed E-state index contributed by atoms with van der Waals surface area (Å²) in [6.07, 6.45) is 1.40. The quantitative estimate of drug-likeness (QED) is 0.781. The Morgan fingerprint density at radius 3 is 2.50 bits per heavy atom. The van der Waals surface area contributed by atoms with Crippen LogP contribution in [0.15, 0.2) is 30.5 Å². The molecular formula is C19H25FN4O2. The lowest BCUT2D eigenvalue weighted by Gasteiger charge is -2.26. The van der Waals surface area contributed by atoms with Gasteiger partial charge in [0, 0.05) is 10.9 Å². The van der Waals surface area contributed by atoms with Crippen LogP contribution < -0.4 is 16.0 Å². The number of amides is 3. The molecule has 1 aromatic carbocycles. The molecule has 1 heterocycles. The lowest BCUT2D eigenvalue weighted by atomic mass is 10.0. The molecule has 0 fully saturated rings. The average molecular weight is 360 g/mol. The molecule has 0 aliphatic rings. The summed E-state index contributed by atoms with van der Waals surface area (Å²) >= 11 is 0. The number of carbonyl (C=O) groups excluding carboxylic acids is 2. The second kappa shape index (κ2) is 7.68. The highest BCUT2D eigenvalue weighted by molar-refractivity contribution is 5.98. The molecule has 26 heavy (non-hydrogen) atoms. The first kappa shape index (κ1) is 19.6. The molecule has 0 saturated heterocycles. The molecule has 0 radical (unpaired) electrons. The van der Waals surface area contributed by atoms with Gasteiger partial charge in [-0.25, -0.2) is 9.18 Å². The Hall–Kier alpha value is -2.70. The second-order valence-corrected chi connectivity index (χ2v) is 7.59. The number of pyridine rings is 1. The molecule has 2 rings (SSSR count). The van der Waals surface area contributed by atoms with Crippen molar-refractivity contribution in [3.8, 4) is 0 Å². The van der Waals surface area contributed by atoms with E-state index in [4.69, 9.17) is 0 Å². The van der Waals surface area contributed by atoms with Crippen molar-refractivity contribution in [2.75, 3.05) is 5.32 Å². The Balaban J connectivity index is 2.13. The number of anilines is 1. The van der Waals surface area contributed by atoms with Gasteiger partial charge in [-0.15, -0.1) is 0 Å². The SMILES string of the molecule is CC(C)[C@H](NC(=O)NC(C)(C)C)C(=O)Nc1cnc2c(F)cccc2c1. The number of para-hydroxylation sites is 1. The van der Waals surface area contributed by atoms with Crippen LogP contribution in [0.2, 0.25) is 0 Å². The first-order valence-electron chi connectivity index (χ1n) is 8.50. The molecule has 2 aromatic rings. The van der Waals surface area contributed by atoms with Crippen molar-refractivity contribution < 1.29 is 14.0 Å². The van der Waals surface area contributed by atoms with E-state index in [2.05, 4.69) is 20.9 Å². The molecule has 6 nitrogen and oxygen atoms in total. The van der Waals surface area contributed by atoms with E-state index in [1.165, 1.54) is 12.3 Å². The minimum atomic E-state index is -0.722. The topological polar surface area (TPSA) is 83.1 Å². The van der Waals surface area contributed by atoms with Crippen LogP contribution in [0, 0.1) is 11.7 Å². The molecule has 3 N–H and O–H groups in total. The van der Waals surface area contributed by atoms with Gasteiger partial charge in [-0.3, -0.25) is 9.78 Å². The van der Waals surface area contributed by atoms with Gasteiger partial charge < -0.3 is 16.0 Å². The third-order valence-corrected chi connectivity index (χ3v) is 3.65. The molecule has 0 saturated carbocycles. The maximum Gasteiger partial charge on any atom is 0.315 e. The molecule has 3 amide bonds. The molecule has 0 spiro atoms. The summed E-state index contributed by atoms with van der Waals surface area (Å²) < 4.78 is 13.7. The third kappa shape index (κ3) is 5.15. The van der Waals surface area contributed by atoms with Crippen LogP contribution in [0.1, 0.15) is 34.6 Å². The van der Waals surface area contributed by atoms with Crippen LogP contribution in [-0.4, -0.2) is 28.5 Å². The van der Waals surface area contributed by atoms with Crippen molar-refractivity contribution in [1.29, 1.82) is 0 Å². The van der Waals surface area contributed by atoms with Crippen molar-refractivity contribution in [3.05, 3.63) is 36.3 Å². The Morgan fingerprint density at radius 2 is 1.88 bits per heavy atom. The summed E-state index contributed by atoms with van der Waals surface area (Å²) in [5.41, 5.74) is 0.277. The largest absolute Gasteiger partial charge is 0.334 e. The van der Waals surface area contributed by atoms with Crippen LogP contribution in [0.25, 0.3) is 10.9 Å². The number of fused-ring (bicyclic) bond motifs is 1. The van der Waals surface area contributed by atoms with Gasteiger partial charge in [-0.1, -0.05) is 26.0 Å². The molecule has 0 aliphatic heterocycles. The number of rotatable bonds is 4. The summed E-state index contributed by atoms with van der Waals surface area (Å²) in [5, 5.41) is 8.79. The zero-order valence-electron chi connectivity index (χ0n) is 15.7. The molecule has 0 bridgehead atoms. The maximum atomic E-state index is 13.7. The van der Waals surface area contributed by atoms with E-state index >= 15 is 0 Å². The standard InChI is InChI=1S/C19H25FN4O2/c1-11(2)15(23-18(26)24-19(3,4)5)17(25)22-13-9-12-7-6-8-14(20)16(12)21-10-13/h6-11,15H,1-5H3,(H,22,25)(H2,23,24,26)/t15-/m0/s1. The zero-order chi connectivity index (χ0) is 19.5. The van der Waals surface area contributed by atoms with Crippen LogP contribution in [0.4, 0.5) is 14.9 Å². The fraction of sp³-hybridized carbons (Fsp3) is 0.421. The molecule has 140 valence electrons. The number of halogens is 1. The molecule has 0 unspecified atom stereocenters. The first-order chi connectivity index (χ1) is 12.1. The summed E-state index contributed by atoms with van der Waals surface area (Å²) in [6, 6.07) is 5.15. The fourth-order valence-electron chi connectivity index (χ4n) is 2.46. The van der Waals surface area contributed by atoms with Gasteiger partial charge in [0.25, 0.3) is 0 Å². The minimum absolute atomic E-state index is 0.119. The van der Waals surface area contributed by atoms with Crippen molar-refractivity contribution in [1.82, 2.24) is 15.6 Å². The number of carbonyl (C=O) groups is 2. The Morgan fingerprint density at radius 1 is 1.19 bits per heavy atom. The van der Waals surface area contributed by atoms with Gasteiger partial charge in [0.1, 0.15) is 17.4 Å². The molecule has 1 aromatic heterocycles. The van der Waals surface area contributed by atoms with Crippen molar-refractivity contribution in [2.24, 2.45) is 5.92 Å². The zero-order valence-corrected chi connectivity index (χ0v) is 15.7. The highest BCUT2D eigenvalue weighted by atomic mass is 19.1. The predicted octanol–water partition coefficient (Wildman–Crippen LogP) is 3.43. The summed E-state index contributed by atoms with van der Waals surface area (Å²) in [7, 11) is 0. The van der Waals surface area contributed by atoms with E-state index in [0.29, 0.717) is 11.1 Å². The van der Waals surface area contributed by atoms with E-state index < -0.39 is 23.4 Å². The fourth-order valence-corrected chi connectivity index (χ4v) is 2.46. The number of nitrogens with zero attached hydrogens (tertiary/aromatic N) is 1. The monoisotopic (exact) mass is 360 g/mol. The number of hydrogen-bond acceptors (Lipinski definition) is 3. The predicted molar refractivity (Wildman–Crippen MR) is 100 cm³/mol. The van der Waals surface area contributed by atoms with Gasteiger partial charge in [0.05, 0.1) is 11.9 Å². The number of aromatic nitrogens is 1. The Bertz CT molecular complexity index is 815. The molecule has 7 heteroatoms. The lowest BCUT2D eigenvalue weighted by Crippen LogP contribution is -2.54. The van der Waals surface area contributed by atoms with Crippen molar-refractivity contribution >= 4 is 28.5 Å². The highest BCUT2D eigenvalue weighted by Crippen LogP contribution is 2.19. The van der Waals surface area contributed by atoms with Crippen LogP contribution >= 0.6 is 0 Å². The Labute approximate surface area is 152 Å². The highest BCUT2D eigenvalue weighted by Gasteiger charge is 2.26. The van der Waals surface area contributed by atoms with E-state index in [1.54, 1.807) is 18.2 Å². The van der Waals surface area contributed by atoms with Gasteiger partial charge in [-0.2, -0.15) is 0 Å². The van der Waals surface area contributed by atoms with E-state index in [9.17, 15) is 14.0 Å². The van der Waals surface area contributed by atoms with Crippen molar-refractivity contribution in [2.45, 2.75) is 46.2 Å². The lowest BCUT2D eigenvalue weighted by molar-refractivity contribution is -0.118. The summed E-state index contributed by atoms with van der Waals surface area (Å²) in [5.74, 6) is -0.894. The van der Waals surface area contributed by atoms with Gasteiger partial charge in [0.15, 0.2) is 0 Å². The normalized spacial score (nSPS) is 12.7. The number of nitrogens with one attached hydrogen (secondary N) is 3. The molecule has 1 atom stereocenters. The summed E-state index contributed by atoms with van der Waals surface area (Å²) in [6.45, 7) is 9.26. The number of urea groups is 1.